The first-order chi connectivity index (χ1) is 18.8. The number of nitrogens with one attached hydrogen (secondary N) is 7. The van der Waals surface area contributed by atoms with E-state index in [-0.39, 0.29) is 36.6 Å². The molecule has 13 nitrogen and oxygen atoms in total. The third-order valence-electron chi connectivity index (χ3n) is 8.22. The van der Waals surface area contributed by atoms with Crippen molar-refractivity contribution in [1.29, 1.82) is 10.8 Å². The Bertz CT molecular complexity index is 1350. The number of fused-ring (bicyclic) bond motifs is 1. The van der Waals surface area contributed by atoms with E-state index in [9.17, 15) is 14.7 Å². The maximum absolute atomic E-state index is 13.4. The monoisotopic (exact) mass is 532 g/mol. The number of rotatable bonds is 5. The lowest BCUT2D eigenvalue weighted by Gasteiger charge is -2.49. The summed E-state index contributed by atoms with van der Waals surface area (Å²) in [7, 11) is 0. The van der Waals surface area contributed by atoms with Crippen LogP contribution < -0.4 is 26.6 Å². The number of hydrogen-bond acceptors (Lipinski definition) is 7. The zero-order valence-electron chi connectivity index (χ0n) is 21.5. The molecule has 1 spiro atoms. The molecule has 3 aliphatic heterocycles. The standard InChI is InChI=1S/C26H32N10O3/c1-13-9-10-17(35-34-13)23(39)29-11-18-20-26(33-24(27)32-20)21(37)19(12-36(26)25(28)31-18)30-22(38)16-8-4-6-14-5-2-3-7-15(14)16/h4,6,8-10,18-21,37H,2-3,5,7,11-12H2,1H3,(H2,28,31)(H,29,39)(H,30,38)(H3,27,32,33)/t18-,19?,20-,21+,26-/m0/s1. The van der Waals surface area contributed by atoms with E-state index in [0.717, 1.165) is 31.2 Å². The maximum atomic E-state index is 13.4. The number of nitrogens with zero attached hydrogens (tertiary/aromatic N) is 3. The molecule has 3 saturated heterocycles. The molecule has 0 bridgehead atoms. The van der Waals surface area contributed by atoms with E-state index in [4.69, 9.17) is 10.8 Å². The summed E-state index contributed by atoms with van der Waals surface area (Å²) in [5.41, 5.74) is 2.48. The largest absolute Gasteiger partial charge is 0.386 e. The molecule has 39 heavy (non-hydrogen) atoms. The van der Waals surface area contributed by atoms with Crippen LogP contribution in [0, 0.1) is 17.7 Å². The molecule has 2 amide bonds. The molecule has 13 heteroatoms. The van der Waals surface area contributed by atoms with Crippen molar-refractivity contribution in [3.05, 3.63) is 58.4 Å². The second kappa shape index (κ2) is 9.49. The van der Waals surface area contributed by atoms with Gasteiger partial charge >= 0.3 is 0 Å². The fourth-order valence-corrected chi connectivity index (χ4v) is 6.35. The van der Waals surface area contributed by atoms with Crippen LogP contribution in [0.15, 0.2) is 30.3 Å². The van der Waals surface area contributed by atoms with Crippen molar-refractivity contribution >= 4 is 23.7 Å². The van der Waals surface area contributed by atoms with Gasteiger partial charge in [-0.2, -0.15) is 5.10 Å². The highest BCUT2D eigenvalue weighted by Crippen LogP contribution is 2.37. The molecule has 6 rings (SSSR count). The Morgan fingerprint density at radius 1 is 1.13 bits per heavy atom. The Balaban J connectivity index is 1.21. The van der Waals surface area contributed by atoms with Gasteiger partial charge in [-0.15, -0.1) is 5.10 Å². The van der Waals surface area contributed by atoms with Crippen LogP contribution in [-0.4, -0.2) is 86.9 Å². The SMILES string of the molecule is Cc1ccc(C(=O)NC[C@@H]2NC(=N)N3CC(NC(=O)c4cccc5c4CCCC5)[C@@H](O)[C@@]34NC(=N)N[C@@H]24)nn1. The number of aromatic nitrogens is 2. The van der Waals surface area contributed by atoms with Crippen LogP contribution in [0.2, 0.25) is 0 Å². The number of amides is 2. The molecule has 4 aliphatic rings. The van der Waals surface area contributed by atoms with Crippen molar-refractivity contribution in [1.82, 2.24) is 41.7 Å². The molecule has 1 unspecified atom stereocenters. The van der Waals surface area contributed by atoms with E-state index in [0.29, 0.717) is 11.3 Å². The summed E-state index contributed by atoms with van der Waals surface area (Å²) in [6.45, 7) is 2.05. The van der Waals surface area contributed by atoms with E-state index >= 15 is 0 Å². The van der Waals surface area contributed by atoms with Gasteiger partial charge < -0.3 is 36.6 Å². The molecule has 4 heterocycles. The molecule has 1 aromatic carbocycles. The summed E-state index contributed by atoms with van der Waals surface area (Å²) in [5.74, 6) is -0.659. The zero-order valence-corrected chi connectivity index (χ0v) is 21.5. The van der Waals surface area contributed by atoms with E-state index in [1.54, 1.807) is 24.0 Å². The Morgan fingerprint density at radius 3 is 2.74 bits per heavy atom. The van der Waals surface area contributed by atoms with Crippen LogP contribution in [0.1, 0.15) is 50.5 Å². The smallest absolute Gasteiger partial charge is 0.271 e. The summed E-state index contributed by atoms with van der Waals surface area (Å²) in [4.78, 5) is 27.7. The number of hydrogen-bond donors (Lipinski definition) is 8. The molecule has 2 aromatic rings. The van der Waals surface area contributed by atoms with Gasteiger partial charge in [0.05, 0.1) is 23.8 Å². The minimum atomic E-state index is -1.26. The van der Waals surface area contributed by atoms with Crippen molar-refractivity contribution in [3.8, 4) is 0 Å². The van der Waals surface area contributed by atoms with E-state index < -0.39 is 35.8 Å². The van der Waals surface area contributed by atoms with Crippen molar-refractivity contribution < 1.29 is 14.7 Å². The minimum absolute atomic E-state index is 0.00890. The first-order valence-electron chi connectivity index (χ1n) is 13.2. The van der Waals surface area contributed by atoms with Crippen LogP contribution in [-0.2, 0) is 12.8 Å². The second-order valence-corrected chi connectivity index (χ2v) is 10.6. The predicted molar refractivity (Wildman–Crippen MR) is 141 cm³/mol. The Kier molecular flexibility index (Phi) is 6.09. The average molecular weight is 533 g/mol. The fraction of sp³-hybridized carbons (Fsp3) is 0.462. The van der Waals surface area contributed by atoms with Crippen LogP contribution in [0.25, 0.3) is 0 Å². The molecule has 204 valence electrons. The van der Waals surface area contributed by atoms with Gasteiger partial charge in [0.2, 0.25) is 0 Å². The quantitative estimate of drug-likeness (QED) is 0.238. The van der Waals surface area contributed by atoms with Gasteiger partial charge in [-0.25, -0.2) is 0 Å². The van der Waals surface area contributed by atoms with E-state index in [1.165, 1.54) is 5.56 Å². The summed E-state index contributed by atoms with van der Waals surface area (Å²) in [6.07, 6.45) is 2.80. The lowest BCUT2D eigenvalue weighted by molar-refractivity contribution is 0.00612. The number of aryl methyl sites for hydroxylation is 2. The van der Waals surface area contributed by atoms with Crippen LogP contribution in [0.5, 0.6) is 0 Å². The number of benzene rings is 1. The fourth-order valence-electron chi connectivity index (χ4n) is 6.35. The Hall–Kier alpha value is -4.26. The van der Waals surface area contributed by atoms with Gasteiger partial charge in [-0.05, 0) is 61.9 Å². The summed E-state index contributed by atoms with van der Waals surface area (Å²) in [6, 6.07) is 7.23. The highest BCUT2D eigenvalue weighted by Gasteiger charge is 2.66. The van der Waals surface area contributed by atoms with E-state index in [1.807, 2.05) is 12.1 Å². The normalized spacial score (nSPS) is 28.8. The lowest BCUT2D eigenvalue weighted by Crippen LogP contribution is -2.78. The number of aliphatic hydroxyl groups excluding tert-OH is 1. The van der Waals surface area contributed by atoms with Gasteiger partial charge in [-0.3, -0.25) is 20.4 Å². The molecule has 1 aliphatic carbocycles. The first-order valence-corrected chi connectivity index (χ1v) is 13.2. The number of guanidine groups is 2. The Morgan fingerprint density at radius 2 is 1.95 bits per heavy atom. The predicted octanol–water partition coefficient (Wildman–Crippen LogP) is -1.03. The Labute approximate surface area is 225 Å². The van der Waals surface area contributed by atoms with Crippen molar-refractivity contribution in [2.45, 2.75) is 62.5 Å². The van der Waals surface area contributed by atoms with E-state index in [2.05, 4.69) is 42.8 Å². The molecule has 8 N–H and O–H groups in total. The van der Waals surface area contributed by atoms with Crippen LogP contribution >= 0.6 is 0 Å². The average Bonchev–Trinajstić information content (AvgIpc) is 3.43. The topological polar surface area (TPSA) is 191 Å². The summed E-state index contributed by atoms with van der Waals surface area (Å²) < 4.78 is 0. The van der Waals surface area contributed by atoms with Crippen molar-refractivity contribution in [2.75, 3.05) is 13.1 Å². The van der Waals surface area contributed by atoms with Crippen LogP contribution in [0.4, 0.5) is 0 Å². The first kappa shape index (κ1) is 25.0. The molecule has 0 radical (unpaired) electrons. The molecule has 5 atom stereocenters. The minimum Gasteiger partial charge on any atom is -0.386 e. The van der Waals surface area contributed by atoms with Gasteiger partial charge in [0.15, 0.2) is 23.3 Å². The summed E-state index contributed by atoms with van der Waals surface area (Å²) >= 11 is 0. The van der Waals surface area contributed by atoms with Gasteiger partial charge in [0, 0.05) is 18.7 Å². The van der Waals surface area contributed by atoms with Crippen molar-refractivity contribution in [2.24, 2.45) is 0 Å². The molecular weight excluding hydrogens is 500 g/mol. The van der Waals surface area contributed by atoms with Gasteiger partial charge in [0.1, 0.15) is 6.10 Å². The number of aliphatic hydroxyl groups is 1. The maximum Gasteiger partial charge on any atom is 0.271 e. The molecule has 1 aromatic heterocycles. The third kappa shape index (κ3) is 4.13. The lowest BCUT2D eigenvalue weighted by atomic mass is 9.86. The molecule has 0 saturated carbocycles. The zero-order chi connectivity index (χ0) is 27.3. The van der Waals surface area contributed by atoms with Gasteiger partial charge in [0.25, 0.3) is 11.8 Å². The summed E-state index contributed by atoms with van der Waals surface area (Å²) in [5, 5.41) is 51.5. The highest BCUT2D eigenvalue weighted by atomic mass is 16.3. The van der Waals surface area contributed by atoms with Crippen molar-refractivity contribution in [3.63, 3.8) is 0 Å². The van der Waals surface area contributed by atoms with Gasteiger partial charge in [-0.1, -0.05) is 12.1 Å². The number of carbonyl (C=O) groups is 2. The highest BCUT2D eigenvalue weighted by molar-refractivity contribution is 5.97. The second-order valence-electron chi connectivity index (χ2n) is 10.6. The molecular formula is C26H32N10O3. The molecule has 3 fully saturated rings. The number of carbonyl (C=O) groups excluding carboxylic acids is 2. The third-order valence-corrected chi connectivity index (χ3v) is 8.22. The van der Waals surface area contributed by atoms with Crippen LogP contribution in [0.3, 0.4) is 0 Å².